The molecule has 0 amide bonds. The van der Waals surface area contributed by atoms with Crippen LogP contribution in [0.15, 0.2) is 4.99 Å². The number of hydrogen-bond donors (Lipinski definition) is 2. The molecule has 4 nitrogen and oxygen atoms in total. The summed E-state index contributed by atoms with van der Waals surface area (Å²) in [6.45, 7) is 17.0. The molecule has 0 fully saturated rings. The molecule has 18 heavy (non-hydrogen) atoms. The van der Waals surface area contributed by atoms with E-state index in [1.54, 1.807) is 0 Å². The van der Waals surface area contributed by atoms with Crippen molar-refractivity contribution in [3.8, 4) is 0 Å². The quantitative estimate of drug-likeness (QED) is 0.516. The van der Waals surface area contributed by atoms with E-state index in [4.69, 9.17) is 0 Å². The summed E-state index contributed by atoms with van der Waals surface area (Å²) in [6.07, 6.45) is 1.11. The van der Waals surface area contributed by atoms with Crippen LogP contribution in [0, 0.1) is 0 Å². The van der Waals surface area contributed by atoms with E-state index in [1.807, 2.05) is 0 Å². The number of aliphatic imine (C=N–C) groups is 1. The van der Waals surface area contributed by atoms with Crippen molar-refractivity contribution in [2.24, 2.45) is 4.99 Å². The van der Waals surface area contributed by atoms with Crippen molar-refractivity contribution in [2.45, 2.75) is 60.0 Å². The van der Waals surface area contributed by atoms with Crippen LogP contribution >= 0.6 is 0 Å². The fraction of sp³-hybridized carbons (Fsp3) is 0.929. The molecule has 0 aliphatic carbocycles. The lowest BCUT2D eigenvalue weighted by Crippen LogP contribution is -2.43. The van der Waals surface area contributed by atoms with Gasteiger partial charge in [0.2, 0.25) is 0 Å². The number of likely N-dealkylation sites (N-methyl/N-ethyl adjacent to an activating group) is 1. The normalized spacial score (nSPS) is 15.6. The largest absolute Gasteiger partial charge is 0.357 e. The molecule has 0 radical (unpaired) electrons. The first-order chi connectivity index (χ1) is 8.58. The first kappa shape index (κ1) is 17.2. The SMILES string of the molecule is CCNC(=NCC(C)N(CC)CC)NC(C)CC. The number of rotatable bonds is 8. The first-order valence-corrected chi connectivity index (χ1v) is 7.37. The Morgan fingerprint density at radius 3 is 2.17 bits per heavy atom. The molecule has 0 aromatic carbocycles. The molecule has 2 atom stereocenters. The van der Waals surface area contributed by atoms with Gasteiger partial charge in [0.05, 0.1) is 6.54 Å². The van der Waals surface area contributed by atoms with Gasteiger partial charge < -0.3 is 10.6 Å². The summed E-state index contributed by atoms with van der Waals surface area (Å²) in [7, 11) is 0. The minimum absolute atomic E-state index is 0.464. The summed E-state index contributed by atoms with van der Waals surface area (Å²) in [6, 6.07) is 0.957. The summed E-state index contributed by atoms with van der Waals surface area (Å²) >= 11 is 0. The summed E-state index contributed by atoms with van der Waals surface area (Å²) in [5.74, 6) is 0.936. The Labute approximate surface area is 113 Å². The van der Waals surface area contributed by atoms with E-state index in [0.717, 1.165) is 38.6 Å². The zero-order chi connectivity index (χ0) is 14.0. The molecule has 0 rings (SSSR count). The molecule has 0 saturated carbocycles. The molecule has 0 aromatic rings. The standard InChI is InChI=1S/C14H32N4/c1-7-12(5)17-14(15-8-2)16-11-13(6)18(9-3)10-4/h12-13H,7-11H2,1-6H3,(H2,15,16,17). The first-order valence-electron chi connectivity index (χ1n) is 7.37. The minimum atomic E-state index is 0.464. The second-order valence-corrected chi connectivity index (χ2v) is 4.74. The van der Waals surface area contributed by atoms with E-state index in [9.17, 15) is 0 Å². The summed E-state index contributed by atoms with van der Waals surface area (Å²) in [5.41, 5.74) is 0. The van der Waals surface area contributed by atoms with Crippen LogP contribution in [0.25, 0.3) is 0 Å². The highest BCUT2D eigenvalue weighted by Crippen LogP contribution is 1.98. The van der Waals surface area contributed by atoms with Crippen LogP contribution in [0.2, 0.25) is 0 Å². The second-order valence-electron chi connectivity index (χ2n) is 4.74. The van der Waals surface area contributed by atoms with Gasteiger partial charge in [-0.3, -0.25) is 9.89 Å². The van der Waals surface area contributed by atoms with Gasteiger partial charge in [-0.2, -0.15) is 0 Å². The number of guanidine groups is 1. The van der Waals surface area contributed by atoms with Crippen molar-refractivity contribution in [3.63, 3.8) is 0 Å². The topological polar surface area (TPSA) is 39.7 Å². The molecule has 108 valence electrons. The van der Waals surface area contributed by atoms with Crippen molar-refractivity contribution in [3.05, 3.63) is 0 Å². The van der Waals surface area contributed by atoms with Crippen LogP contribution in [0.5, 0.6) is 0 Å². The molecule has 0 aromatic heterocycles. The van der Waals surface area contributed by atoms with Crippen LogP contribution < -0.4 is 10.6 Å². The molecule has 2 unspecified atom stereocenters. The summed E-state index contributed by atoms with van der Waals surface area (Å²) in [5, 5.41) is 6.72. The Balaban J connectivity index is 4.37. The molecular weight excluding hydrogens is 224 g/mol. The smallest absolute Gasteiger partial charge is 0.191 e. The van der Waals surface area contributed by atoms with Crippen LogP contribution in [-0.4, -0.2) is 49.1 Å². The zero-order valence-electron chi connectivity index (χ0n) is 13.1. The van der Waals surface area contributed by atoms with E-state index in [1.165, 1.54) is 0 Å². The third-order valence-corrected chi connectivity index (χ3v) is 3.29. The van der Waals surface area contributed by atoms with E-state index >= 15 is 0 Å². The summed E-state index contributed by atoms with van der Waals surface area (Å²) < 4.78 is 0. The zero-order valence-corrected chi connectivity index (χ0v) is 13.1. The average molecular weight is 256 g/mol. The number of nitrogens with one attached hydrogen (secondary N) is 2. The maximum atomic E-state index is 4.67. The molecular formula is C14H32N4. The van der Waals surface area contributed by atoms with E-state index in [0.29, 0.717) is 12.1 Å². The Hall–Kier alpha value is -0.770. The van der Waals surface area contributed by atoms with Gasteiger partial charge in [-0.15, -0.1) is 0 Å². The van der Waals surface area contributed by atoms with E-state index in [2.05, 4.69) is 62.1 Å². The molecule has 4 heteroatoms. The van der Waals surface area contributed by atoms with Gasteiger partial charge in [-0.25, -0.2) is 0 Å². The lowest BCUT2D eigenvalue weighted by Gasteiger charge is -2.25. The highest BCUT2D eigenvalue weighted by molar-refractivity contribution is 5.80. The maximum absolute atomic E-state index is 4.67. The Morgan fingerprint density at radius 2 is 1.72 bits per heavy atom. The van der Waals surface area contributed by atoms with Crippen LogP contribution in [0.3, 0.4) is 0 Å². The van der Waals surface area contributed by atoms with E-state index in [-0.39, 0.29) is 0 Å². The monoisotopic (exact) mass is 256 g/mol. The fourth-order valence-corrected chi connectivity index (χ4v) is 1.84. The second kappa shape index (κ2) is 10.2. The van der Waals surface area contributed by atoms with Crippen molar-refractivity contribution in [2.75, 3.05) is 26.2 Å². The van der Waals surface area contributed by atoms with Gasteiger partial charge in [0.25, 0.3) is 0 Å². The number of hydrogen-bond acceptors (Lipinski definition) is 2. The Morgan fingerprint density at radius 1 is 1.11 bits per heavy atom. The molecule has 0 heterocycles. The highest BCUT2D eigenvalue weighted by Gasteiger charge is 2.10. The van der Waals surface area contributed by atoms with Crippen LogP contribution in [0.1, 0.15) is 48.0 Å². The van der Waals surface area contributed by atoms with Crippen molar-refractivity contribution in [1.82, 2.24) is 15.5 Å². The Bertz CT molecular complexity index is 224. The van der Waals surface area contributed by atoms with Gasteiger partial charge in [-0.05, 0) is 40.3 Å². The third kappa shape index (κ3) is 6.84. The predicted molar refractivity (Wildman–Crippen MR) is 81.3 cm³/mol. The van der Waals surface area contributed by atoms with Gasteiger partial charge >= 0.3 is 0 Å². The molecule has 2 N–H and O–H groups in total. The van der Waals surface area contributed by atoms with Gasteiger partial charge in [0.1, 0.15) is 0 Å². The van der Waals surface area contributed by atoms with Crippen molar-refractivity contribution in [1.29, 1.82) is 0 Å². The minimum Gasteiger partial charge on any atom is -0.357 e. The lowest BCUT2D eigenvalue weighted by molar-refractivity contribution is 0.237. The maximum Gasteiger partial charge on any atom is 0.191 e. The van der Waals surface area contributed by atoms with Crippen LogP contribution in [-0.2, 0) is 0 Å². The molecule has 0 aliphatic rings. The van der Waals surface area contributed by atoms with Gasteiger partial charge in [0.15, 0.2) is 5.96 Å². The Kier molecular flexibility index (Phi) is 9.74. The van der Waals surface area contributed by atoms with Gasteiger partial charge in [-0.1, -0.05) is 20.8 Å². The number of nitrogens with zero attached hydrogens (tertiary/aromatic N) is 2. The van der Waals surface area contributed by atoms with Crippen LogP contribution in [0.4, 0.5) is 0 Å². The summed E-state index contributed by atoms with van der Waals surface area (Å²) in [4.78, 5) is 7.10. The van der Waals surface area contributed by atoms with Gasteiger partial charge in [0, 0.05) is 18.6 Å². The van der Waals surface area contributed by atoms with Crippen molar-refractivity contribution >= 4 is 5.96 Å². The van der Waals surface area contributed by atoms with E-state index < -0.39 is 0 Å². The highest BCUT2D eigenvalue weighted by atomic mass is 15.2. The molecule has 0 aliphatic heterocycles. The average Bonchev–Trinajstić information content (AvgIpc) is 2.37. The molecule has 0 saturated heterocycles. The van der Waals surface area contributed by atoms with Crippen molar-refractivity contribution < 1.29 is 0 Å². The third-order valence-electron chi connectivity index (χ3n) is 3.29. The lowest BCUT2D eigenvalue weighted by atomic mass is 10.2. The molecule has 0 spiro atoms. The fourth-order valence-electron chi connectivity index (χ4n) is 1.84. The predicted octanol–water partition coefficient (Wildman–Crippen LogP) is 2.07. The molecule has 0 bridgehead atoms.